The van der Waals surface area contributed by atoms with Crippen molar-refractivity contribution in [3.05, 3.63) is 52.7 Å². The van der Waals surface area contributed by atoms with E-state index in [0.29, 0.717) is 28.7 Å². The average molecular weight is 292 g/mol. The van der Waals surface area contributed by atoms with E-state index in [2.05, 4.69) is 10.3 Å². The van der Waals surface area contributed by atoms with Crippen LogP contribution in [0.25, 0.3) is 0 Å². The molecule has 0 saturated heterocycles. The van der Waals surface area contributed by atoms with Gasteiger partial charge in [0.25, 0.3) is 0 Å². The molecule has 0 aliphatic rings. The second kappa shape index (κ2) is 6.25. The molecule has 5 nitrogen and oxygen atoms in total. The standard InChI is InChI=1S/C14H14ClN3O2/c1-20-12-4-2-3-11(15)10(12)8-18-13-6-5-9(7-17-13)14(16)19/h2-7H,8H2,1H3,(H2,16,19)(H,17,18). The summed E-state index contributed by atoms with van der Waals surface area (Å²) in [5, 5.41) is 3.73. The van der Waals surface area contributed by atoms with Crippen molar-refractivity contribution in [2.45, 2.75) is 6.54 Å². The number of nitrogens with one attached hydrogen (secondary N) is 1. The van der Waals surface area contributed by atoms with Gasteiger partial charge in [0.15, 0.2) is 0 Å². The van der Waals surface area contributed by atoms with Crippen molar-refractivity contribution in [3.63, 3.8) is 0 Å². The van der Waals surface area contributed by atoms with Gasteiger partial charge in [-0.3, -0.25) is 4.79 Å². The Balaban J connectivity index is 2.11. The number of hydrogen-bond acceptors (Lipinski definition) is 4. The highest BCUT2D eigenvalue weighted by atomic mass is 35.5. The molecule has 0 saturated carbocycles. The maximum Gasteiger partial charge on any atom is 0.250 e. The van der Waals surface area contributed by atoms with E-state index in [9.17, 15) is 4.79 Å². The van der Waals surface area contributed by atoms with Gasteiger partial charge in [0, 0.05) is 23.3 Å². The summed E-state index contributed by atoms with van der Waals surface area (Å²) in [6, 6.07) is 8.76. The lowest BCUT2D eigenvalue weighted by Gasteiger charge is -2.11. The summed E-state index contributed by atoms with van der Waals surface area (Å²) in [7, 11) is 1.59. The van der Waals surface area contributed by atoms with Crippen molar-refractivity contribution in [2.75, 3.05) is 12.4 Å². The molecule has 2 aromatic rings. The molecule has 0 bridgehead atoms. The minimum Gasteiger partial charge on any atom is -0.496 e. The summed E-state index contributed by atoms with van der Waals surface area (Å²) in [4.78, 5) is 15.1. The topological polar surface area (TPSA) is 77.2 Å². The second-order valence-corrected chi connectivity index (χ2v) is 4.48. The van der Waals surface area contributed by atoms with Gasteiger partial charge in [-0.25, -0.2) is 4.98 Å². The number of carbonyl (C=O) groups is 1. The molecule has 1 amide bonds. The van der Waals surface area contributed by atoms with Crippen LogP contribution in [-0.4, -0.2) is 18.0 Å². The average Bonchev–Trinajstić information content (AvgIpc) is 2.46. The zero-order valence-electron chi connectivity index (χ0n) is 10.9. The van der Waals surface area contributed by atoms with E-state index >= 15 is 0 Å². The van der Waals surface area contributed by atoms with Gasteiger partial charge in [-0.15, -0.1) is 0 Å². The van der Waals surface area contributed by atoms with Crippen LogP contribution in [0.5, 0.6) is 5.75 Å². The lowest BCUT2D eigenvalue weighted by atomic mass is 10.2. The number of halogens is 1. The molecule has 1 aromatic heterocycles. The monoisotopic (exact) mass is 291 g/mol. The number of amides is 1. The van der Waals surface area contributed by atoms with Crippen LogP contribution in [0.3, 0.4) is 0 Å². The quantitative estimate of drug-likeness (QED) is 0.887. The number of anilines is 1. The first-order valence-electron chi connectivity index (χ1n) is 5.93. The molecule has 20 heavy (non-hydrogen) atoms. The molecular formula is C14H14ClN3O2. The number of carbonyl (C=O) groups excluding carboxylic acids is 1. The maximum atomic E-state index is 10.9. The van der Waals surface area contributed by atoms with Crippen LogP contribution in [0.2, 0.25) is 5.02 Å². The highest BCUT2D eigenvalue weighted by molar-refractivity contribution is 6.31. The first kappa shape index (κ1) is 14.1. The van der Waals surface area contributed by atoms with Crippen LogP contribution in [0.15, 0.2) is 36.5 Å². The molecule has 0 fully saturated rings. The lowest BCUT2D eigenvalue weighted by molar-refractivity contribution is 0.1000. The Morgan fingerprint density at radius 3 is 2.80 bits per heavy atom. The fraction of sp³-hybridized carbons (Fsp3) is 0.143. The Morgan fingerprint density at radius 1 is 1.40 bits per heavy atom. The Bertz CT molecular complexity index is 614. The van der Waals surface area contributed by atoms with E-state index < -0.39 is 5.91 Å². The van der Waals surface area contributed by atoms with E-state index in [0.717, 1.165) is 5.56 Å². The van der Waals surface area contributed by atoms with Crippen molar-refractivity contribution in [2.24, 2.45) is 5.73 Å². The molecule has 0 spiro atoms. The number of methoxy groups -OCH3 is 1. The number of nitrogens with zero attached hydrogens (tertiary/aromatic N) is 1. The summed E-state index contributed by atoms with van der Waals surface area (Å²) in [6.07, 6.45) is 1.43. The number of benzene rings is 1. The number of primary amides is 1. The summed E-state index contributed by atoms with van der Waals surface area (Å²) >= 11 is 6.14. The number of hydrogen-bond donors (Lipinski definition) is 2. The van der Waals surface area contributed by atoms with Crippen LogP contribution < -0.4 is 15.8 Å². The Morgan fingerprint density at radius 2 is 2.20 bits per heavy atom. The van der Waals surface area contributed by atoms with Crippen molar-refractivity contribution < 1.29 is 9.53 Å². The largest absolute Gasteiger partial charge is 0.496 e. The van der Waals surface area contributed by atoms with Gasteiger partial charge in [0.05, 0.1) is 12.7 Å². The number of aromatic nitrogens is 1. The number of nitrogens with two attached hydrogens (primary N) is 1. The molecule has 1 heterocycles. The number of pyridine rings is 1. The van der Waals surface area contributed by atoms with E-state index in [4.69, 9.17) is 22.1 Å². The molecule has 3 N–H and O–H groups in total. The van der Waals surface area contributed by atoms with Gasteiger partial charge >= 0.3 is 0 Å². The molecule has 6 heteroatoms. The zero-order valence-corrected chi connectivity index (χ0v) is 11.6. The van der Waals surface area contributed by atoms with Crippen molar-refractivity contribution in [1.29, 1.82) is 0 Å². The van der Waals surface area contributed by atoms with Crippen LogP contribution in [0, 0.1) is 0 Å². The molecule has 104 valence electrons. The minimum atomic E-state index is -0.503. The van der Waals surface area contributed by atoms with Gasteiger partial charge in [-0.2, -0.15) is 0 Å². The van der Waals surface area contributed by atoms with Crippen molar-refractivity contribution in [3.8, 4) is 5.75 Å². The van der Waals surface area contributed by atoms with Gasteiger partial charge in [0.2, 0.25) is 5.91 Å². The third-order valence-corrected chi connectivity index (χ3v) is 3.14. The van der Waals surface area contributed by atoms with E-state index in [-0.39, 0.29) is 0 Å². The van der Waals surface area contributed by atoms with E-state index in [1.807, 2.05) is 12.1 Å². The fourth-order valence-corrected chi connectivity index (χ4v) is 1.96. The normalized spacial score (nSPS) is 10.1. The van der Waals surface area contributed by atoms with Crippen molar-refractivity contribution in [1.82, 2.24) is 4.98 Å². The van der Waals surface area contributed by atoms with Crippen molar-refractivity contribution >= 4 is 23.3 Å². The highest BCUT2D eigenvalue weighted by Gasteiger charge is 2.08. The third-order valence-electron chi connectivity index (χ3n) is 2.79. The molecule has 0 atom stereocenters. The van der Waals surface area contributed by atoms with Gasteiger partial charge in [-0.1, -0.05) is 17.7 Å². The van der Waals surface area contributed by atoms with Crippen LogP contribution in [0.1, 0.15) is 15.9 Å². The molecule has 0 unspecified atom stereocenters. The Kier molecular flexibility index (Phi) is 4.42. The molecular weight excluding hydrogens is 278 g/mol. The SMILES string of the molecule is COc1cccc(Cl)c1CNc1ccc(C(N)=O)cn1. The predicted octanol–water partition coefficient (Wildman–Crippen LogP) is 2.45. The molecule has 0 radical (unpaired) electrons. The first-order valence-corrected chi connectivity index (χ1v) is 6.30. The van der Waals surface area contributed by atoms with Gasteiger partial charge in [-0.05, 0) is 24.3 Å². The Hall–Kier alpha value is -2.27. The van der Waals surface area contributed by atoms with Gasteiger partial charge in [0.1, 0.15) is 11.6 Å². The third kappa shape index (κ3) is 3.19. The highest BCUT2D eigenvalue weighted by Crippen LogP contribution is 2.26. The maximum absolute atomic E-state index is 10.9. The van der Waals surface area contributed by atoms with Gasteiger partial charge < -0.3 is 15.8 Å². The van der Waals surface area contributed by atoms with Crippen LogP contribution in [0.4, 0.5) is 5.82 Å². The molecule has 0 aliphatic carbocycles. The van der Waals surface area contributed by atoms with E-state index in [1.54, 1.807) is 25.3 Å². The second-order valence-electron chi connectivity index (χ2n) is 4.07. The van der Waals surface area contributed by atoms with E-state index in [1.165, 1.54) is 6.20 Å². The van der Waals surface area contributed by atoms with Crippen LogP contribution in [-0.2, 0) is 6.54 Å². The zero-order chi connectivity index (χ0) is 14.5. The smallest absolute Gasteiger partial charge is 0.250 e. The molecule has 2 rings (SSSR count). The summed E-state index contributed by atoms with van der Waals surface area (Å²) < 4.78 is 5.26. The fourth-order valence-electron chi connectivity index (χ4n) is 1.72. The predicted molar refractivity (Wildman–Crippen MR) is 78.1 cm³/mol. The summed E-state index contributed by atoms with van der Waals surface area (Å²) in [6.45, 7) is 0.464. The first-order chi connectivity index (χ1) is 9.61. The summed E-state index contributed by atoms with van der Waals surface area (Å²) in [5.74, 6) is 0.826. The lowest BCUT2D eigenvalue weighted by Crippen LogP contribution is -2.11. The number of ether oxygens (including phenoxy) is 1. The Labute approximate surface area is 121 Å². The minimum absolute atomic E-state index is 0.367. The summed E-state index contributed by atoms with van der Waals surface area (Å²) in [5.41, 5.74) is 6.36. The molecule has 1 aromatic carbocycles. The van der Waals surface area contributed by atoms with Crippen LogP contribution >= 0.6 is 11.6 Å². The number of rotatable bonds is 5. The molecule has 0 aliphatic heterocycles.